The minimum absolute atomic E-state index is 0.632. The normalized spacial score (nSPS) is 12.3. The van der Waals surface area contributed by atoms with Crippen molar-refractivity contribution in [1.82, 2.24) is 19.5 Å². The molecule has 276 valence electrons. The molecule has 1 aliphatic rings. The summed E-state index contributed by atoms with van der Waals surface area (Å²) < 4.78 is 8.95. The Balaban J connectivity index is 1.01. The molecule has 3 heterocycles. The van der Waals surface area contributed by atoms with Gasteiger partial charge < -0.3 is 8.98 Å². The predicted molar refractivity (Wildman–Crippen MR) is 247 cm³/mol. The second kappa shape index (κ2) is 11.7. The highest BCUT2D eigenvalue weighted by Crippen LogP contribution is 2.51. The zero-order valence-electron chi connectivity index (χ0n) is 32.0. The Morgan fingerprint density at radius 3 is 1.82 bits per heavy atom. The number of furan rings is 1. The second-order valence-electron chi connectivity index (χ2n) is 15.9. The second-order valence-corrected chi connectivity index (χ2v) is 15.9. The molecule has 0 saturated heterocycles. The molecule has 0 amide bonds. The summed E-state index contributed by atoms with van der Waals surface area (Å²) >= 11 is 0. The van der Waals surface area contributed by atoms with Crippen molar-refractivity contribution < 1.29 is 4.42 Å². The molecule has 0 unspecified atom stereocenters. The summed E-state index contributed by atoms with van der Waals surface area (Å²) in [6.45, 7) is 0. The van der Waals surface area contributed by atoms with Gasteiger partial charge in [0.25, 0.3) is 0 Å². The van der Waals surface area contributed by atoms with Crippen molar-refractivity contribution in [3.05, 3.63) is 182 Å². The first-order valence-corrected chi connectivity index (χ1v) is 20.4. The van der Waals surface area contributed by atoms with Crippen LogP contribution in [-0.4, -0.2) is 19.5 Å². The van der Waals surface area contributed by atoms with E-state index in [1.165, 1.54) is 54.5 Å². The summed E-state index contributed by atoms with van der Waals surface area (Å²) in [7, 11) is 0. The molecule has 14 rings (SSSR count). The van der Waals surface area contributed by atoms with E-state index in [9.17, 15) is 0 Å². The lowest BCUT2D eigenvalue weighted by Crippen LogP contribution is -2.01. The van der Waals surface area contributed by atoms with Crippen LogP contribution in [0.1, 0.15) is 0 Å². The summed E-state index contributed by atoms with van der Waals surface area (Å²) in [4.78, 5) is 15.7. The minimum Gasteiger partial charge on any atom is -0.456 e. The standard InChI is InChI=1S/C55H30N4O/c1-2-11-32(12-3-1)53-56-54(58-55(57-53)48-38-16-6-4-13-34(38)29-35-14-5-7-17-39(35)48)36-23-26-37-33(30-36)15-8-20-42(37)59-43-21-9-18-40-41-19-10-22-45-50(41)52-46(60-45)28-25-31-24-27-44(59)51(47(31)52)49(40)43/h1-30H. The molecule has 0 fully saturated rings. The van der Waals surface area contributed by atoms with Crippen LogP contribution in [0.5, 0.6) is 0 Å². The number of rotatable bonds is 4. The maximum Gasteiger partial charge on any atom is 0.165 e. The van der Waals surface area contributed by atoms with Crippen LogP contribution in [0.15, 0.2) is 186 Å². The predicted octanol–water partition coefficient (Wildman–Crippen LogP) is 14.5. The van der Waals surface area contributed by atoms with Gasteiger partial charge in [-0.2, -0.15) is 0 Å². The molecule has 0 radical (unpaired) electrons. The van der Waals surface area contributed by atoms with Gasteiger partial charge in [-0.3, -0.25) is 0 Å². The Bertz CT molecular complexity index is 3960. The van der Waals surface area contributed by atoms with Crippen molar-refractivity contribution >= 4 is 86.8 Å². The monoisotopic (exact) mass is 762 g/mol. The molecular formula is C55H30N4O. The lowest BCUT2D eigenvalue weighted by atomic mass is 9.96. The smallest absolute Gasteiger partial charge is 0.165 e. The van der Waals surface area contributed by atoms with E-state index in [1.54, 1.807) is 0 Å². The zero-order chi connectivity index (χ0) is 39.1. The maximum absolute atomic E-state index is 6.49. The minimum atomic E-state index is 0.632. The third-order valence-corrected chi connectivity index (χ3v) is 12.7. The molecule has 1 aliphatic carbocycles. The Morgan fingerprint density at radius 2 is 0.983 bits per heavy atom. The first-order chi connectivity index (χ1) is 29.7. The van der Waals surface area contributed by atoms with Crippen molar-refractivity contribution in [1.29, 1.82) is 0 Å². The Morgan fingerprint density at radius 1 is 0.350 bits per heavy atom. The van der Waals surface area contributed by atoms with Crippen molar-refractivity contribution in [3.8, 4) is 51.0 Å². The van der Waals surface area contributed by atoms with Gasteiger partial charge in [-0.25, -0.2) is 15.0 Å². The van der Waals surface area contributed by atoms with E-state index in [0.29, 0.717) is 17.5 Å². The SMILES string of the molecule is c1ccc(-c2nc(-c3ccc4c(-n5c6cccc7c6c6c8c(ccc9oc%10cccc-7c%10c98)ccc65)cccc4c3)nc(-c3c4ccccc4cc4ccccc34)n2)cc1. The molecular weight excluding hydrogens is 733 g/mol. The van der Waals surface area contributed by atoms with Crippen molar-refractivity contribution in [2.75, 3.05) is 0 Å². The number of hydrogen-bond acceptors (Lipinski definition) is 4. The molecule has 5 heteroatoms. The van der Waals surface area contributed by atoms with E-state index in [1.807, 2.05) is 18.2 Å². The first kappa shape index (κ1) is 31.9. The molecule has 0 saturated carbocycles. The molecule has 0 N–H and O–H groups in total. The zero-order valence-corrected chi connectivity index (χ0v) is 32.0. The first-order valence-electron chi connectivity index (χ1n) is 20.4. The number of hydrogen-bond donors (Lipinski definition) is 0. The van der Waals surface area contributed by atoms with Crippen LogP contribution in [0.2, 0.25) is 0 Å². The van der Waals surface area contributed by atoms with E-state index in [-0.39, 0.29) is 0 Å². The van der Waals surface area contributed by atoms with Gasteiger partial charge in [0.05, 0.1) is 16.7 Å². The average molecular weight is 763 g/mol. The molecule has 0 aliphatic heterocycles. The van der Waals surface area contributed by atoms with Gasteiger partial charge >= 0.3 is 0 Å². The highest BCUT2D eigenvalue weighted by Gasteiger charge is 2.26. The molecule has 0 bridgehead atoms. The van der Waals surface area contributed by atoms with Gasteiger partial charge in [-0.1, -0.05) is 140 Å². The maximum atomic E-state index is 6.49. The van der Waals surface area contributed by atoms with Crippen molar-refractivity contribution in [2.24, 2.45) is 0 Å². The van der Waals surface area contributed by atoms with Gasteiger partial charge in [-0.15, -0.1) is 0 Å². The van der Waals surface area contributed by atoms with Gasteiger partial charge in [-0.05, 0) is 85.9 Å². The molecule has 3 aromatic heterocycles. The molecule has 60 heavy (non-hydrogen) atoms. The Hall–Kier alpha value is -8.15. The van der Waals surface area contributed by atoms with E-state index >= 15 is 0 Å². The molecule has 0 atom stereocenters. The highest BCUT2D eigenvalue weighted by molar-refractivity contribution is 6.38. The topological polar surface area (TPSA) is 56.7 Å². The summed E-state index contributed by atoms with van der Waals surface area (Å²) in [6, 6.07) is 64.8. The Labute approximate surface area is 342 Å². The average Bonchev–Trinajstić information content (AvgIpc) is 3.82. The van der Waals surface area contributed by atoms with Gasteiger partial charge in [0.15, 0.2) is 17.5 Å². The van der Waals surface area contributed by atoms with E-state index in [0.717, 1.165) is 65.9 Å². The van der Waals surface area contributed by atoms with Crippen molar-refractivity contribution in [2.45, 2.75) is 0 Å². The fraction of sp³-hybridized carbons (Fsp3) is 0. The molecule has 10 aromatic carbocycles. The Kier molecular flexibility index (Phi) is 6.23. The van der Waals surface area contributed by atoms with E-state index in [4.69, 9.17) is 19.4 Å². The molecule has 13 aromatic rings. The number of fused-ring (bicyclic) bond motifs is 4. The number of aromatic nitrogens is 4. The lowest BCUT2D eigenvalue weighted by molar-refractivity contribution is 0.669. The van der Waals surface area contributed by atoms with Crippen LogP contribution < -0.4 is 0 Å². The third-order valence-electron chi connectivity index (χ3n) is 12.7. The molecule has 0 spiro atoms. The number of nitrogens with zero attached hydrogens (tertiary/aromatic N) is 4. The third kappa shape index (κ3) is 4.27. The van der Waals surface area contributed by atoms with E-state index in [2.05, 4.69) is 168 Å². The van der Waals surface area contributed by atoms with Crippen LogP contribution >= 0.6 is 0 Å². The van der Waals surface area contributed by atoms with Gasteiger partial charge in [0, 0.05) is 49.0 Å². The van der Waals surface area contributed by atoms with E-state index < -0.39 is 0 Å². The largest absolute Gasteiger partial charge is 0.456 e. The molecule has 5 nitrogen and oxygen atoms in total. The van der Waals surface area contributed by atoms with Gasteiger partial charge in [0.1, 0.15) is 11.2 Å². The summed E-state index contributed by atoms with van der Waals surface area (Å²) in [6.07, 6.45) is 0. The van der Waals surface area contributed by atoms with Crippen molar-refractivity contribution in [3.63, 3.8) is 0 Å². The van der Waals surface area contributed by atoms with Crippen LogP contribution in [-0.2, 0) is 0 Å². The quantitative estimate of drug-likeness (QED) is 0.168. The lowest BCUT2D eigenvalue weighted by Gasteiger charge is -2.15. The fourth-order valence-electron chi connectivity index (χ4n) is 10.2. The fourth-order valence-corrected chi connectivity index (χ4v) is 10.2. The van der Waals surface area contributed by atoms with Crippen LogP contribution in [0.3, 0.4) is 0 Å². The number of benzene rings is 10. The van der Waals surface area contributed by atoms with Gasteiger partial charge in [0.2, 0.25) is 0 Å². The van der Waals surface area contributed by atoms with Crippen LogP contribution in [0.25, 0.3) is 138 Å². The summed E-state index contributed by atoms with van der Waals surface area (Å²) in [5.74, 6) is 1.93. The summed E-state index contributed by atoms with van der Waals surface area (Å²) in [5, 5.41) is 14.2. The highest BCUT2D eigenvalue weighted by atomic mass is 16.3. The van der Waals surface area contributed by atoms with Crippen LogP contribution in [0, 0.1) is 0 Å². The van der Waals surface area contributed by atoms with Crippen LogP contribution in [0.4, 0.5) is 0 Å². The summed E-state index contributed by atoms with van der Waals surface area (Å²) in [5.41, 5.74) is 10.7.